The lowest BCUT2D eigenvalue weighted by Gasteiger charge is -2.22. The monoisotopic (exact) mass is 487 g/mol. The Balaban J connectivity index is 1.21. The van der Waals surface area contributed by atoms with Crippen LogP contribution < -0.4 is 25.4 Å². The van der Waals surface area contributed by atoms with Crippen LogP contribution in [0.5, 0.6) is 11.5 Å². The van der Waals surface area contributed by atoms with Gasteiger partial charge in [0.1, 0.15) is 24.7 Å². The van der Waals surface area contributed by atoms with E-state index in [9.17, 15) is 9.59 Å². The van der Waals surface area contributed by atoms with Crippen LogP contribution in [0.3, 0.4) is 0 Å². The Kier molecular flexibility index (Phi) is 9.19. The molecule has 0 saturated heterocycles. The number of hydrogen-bond donors (Lipinski definition) is 3. The average molecular weight is 488 g/mol. The third kappa shape index (κ3) is 7.77. The van der Waals surface area contributed by atoms with Crippen molar-refractivity contribution < 1.29 is 19.1 Å². The lowest BCUT2D eigenvalue weighted by molar-refractivity contribution is -0.114. The van der Waals surface area contributed by atoms with Gasteiger partial charge in [-0.3, -0.25) is 9.59 Å². The zero-order valence-electron chi connectivity index (χ0n) is 20.4. The van der Waals surface area contributed by atoms with E-state index in [1.54, 1.807) is 18.2 Å². The summed E-state index contributed by atoms with van der Waals surface area (Å²) >= 11 is 0. The second kappa shape index (κ2) is 13.2. The summed E-state index contributed by atoms with van der Waals surface area (Å²) in [5.74, 6) is 1.12. The van der Waals surface area contributed by atoms with E-state index in [0.717, 1.165) is 24.3 Å². The number of hydrogen-bond acceptors (Lipinski definition) is 5. The van der Waals surface area contributed by atoms with Gasteiger partial charge in [0.05, 0.1) is 12.2 Å². The first-order valence-corrected chi connectivity index (χ1v) is 12.5. The Morgan fingerprint density at radius 2 is 1.47 bits per heavy atom. The summed E-state index contributed by atoms with van der Waals surface area (Å²) in [4.78, 5) is 25.0. The van der Waals surface area contributed by atoms with Gasteiger partial charge in [0.25, 0.3) is 5.91 Å². The molecule has 7 nitrogen and oxygen atoms in total. The van der Waals surface area contributed by atoms with Crippen LogP contribution in [0.25, 0.3) is 0 Å². The third-order valence-electron chi connectivity index (χ3n) is 6.05. The molecule has 36 heavy (non-hydrogen) atoms. The second-order valence-electron chi connectivity index (χ2n) is 8.79. The Labute approximate surface area is 212 Å². The van der Waals surface area contributed by atoms with Gasteiger partial charge in [-0.15, -0.1) is 0 Å². The minimum atomic E-state index is -0.203. The highest BCUT2D eigenvalue weighted by molar-refractivity contribution is 5.96. The Morgan fingerprint density at radius 1 is 0.778 bits per heavy atom. The maximum absolute atomic E-state index is 12.5. The topological polar surface area (TPSA) is 88.7 Å². The molecule has 0 spiro atoms. The molecule has 0 atom stereocenters. The zero-order valence-corrected chi connectivity index (χ0v) is 20.4. The molecule has 3 N–H and O–H groups in total. The van der Waals surface area contributed by atoms with Crippen LogP contribution in [0.2, 0.25) is 0 Å². The molecule has 1 saturated carbocycles. The van der Waals surface area contributed by atoms with Crippen LogP contribution >= 0.6 is 0 Å². The largest absolute Gasteiger partial charge is 0.490 e. The molecule has 0 aromatic heterocycles. The number of rotatable bonds is 11. The van der Waals surface area contributed by atoms with E-state index in [1.807, 2.05) is 60.7 Å². The summed E-state index contributed by atoms with van der Waals surface area (Å²) in [6, 6.07) is 24.3. The molecule has 1 aliphatic carbocycles. The highest BCUT2D eigenvalue weighted by atomic mass is 16.5. The van der Waals surface area contributed by atoms with Crippen molar-refractivity contribution in [2.75, 3.05) is 30.4 Å². The van der Waals surface area contributed by atoms with Crippen molar-refractivity contribution in [3.05, 3.63) is 84.4 Å². The van der Waals surface area contributed by atoms with Gasteiger partial charge in [-0.25, -0.2) is 0 Å². The summed E-state index contributed by atoms with van der Waals surface area (Å²) in [5, 5.41) is 9.10. The maximum Gasteiger partial charge on any atom is 0.251 e. The van der Waals surface area contributed by atoms with Gasteiger partial charge in [0.2, 0.25) is 5.91 Å². The van der Waals surface area contributed by atoms with Crippen molar-refractivity contribution in [3.63, 3.8) is 0 Å². The first-order chi connectivity index (χ1) is 17.7. The maximum atomic E-state index is 12.5. The molecule has 3 aromatic rings. The molecule has 0 aliphatic heterocycles. The number of carbonyl (C=O) groups excluding carboxylic acids is 2. The van der Waals surface area contributed by atoms with Crippen molar-refractivity contribution in [1.29, 1.82) is 0 Å². The Morgan fingerprint density at radius 3 is 2.25 bits per heavy atom. The van der Waals surface area contributed by atoms with Gasteiger partial charge in [-0.05, 0) is 61.4 Å². The van der Waals surface area contributed by atoms with E-state index in [0.29, 0.717) is 30.2 Å². The van der Waals surface area contributed by atoms with Crippen LogP contribution in [0.15, 0.2) is 78.9 Å². The molecule has 2 amide bonds. The Hall–Kier alpha value is -4.00. The van der Waals surface area contributed by atoms with Crippen molar-refractivity contribution in [1.82, 2.24) is 5.32 Å². The lowest BCUT2D eigenvalue weighted by atomic mass is 9.95. The fraction of sp³-hybridized carbons (Fsp3) is 0.310. The molecule has 3 aromatic carbocycles. The number of carbonyl (C=O) groups is 2. The van der Waals surface area contributed by atoms with E-state index in [1.165, 1.54) is 19.3 Å². The Bertz CT molecular complexity index is 1110. The fourth-order valence-corrected chi connectivity index (χ4v) is 4.16. The van der Waals surface area contributed by atoms with Gasteiger partial charge in [-0.1, -0.05) is 49.6 Å². The highest BCUT2D eigenvalue weighted by Crippen LogP contribution is 2.24. The van der Waals surface area contributed by atoms with Crippen LogP contribution in [0.1, 0.15) is 42.5 Å². The van der Waals surface area contributed by atoms with E-state index in [4.69, 9.17) is 9.47 Å². The van der Waals surface area contributed by atoms with Crippen LogP contribution in [-0.2, 0) is 4.79 Å². The zero-order chi connectivity index (χ0) is 25.0. The molecule has 188 valence electrons. The first kappa shape index (κ1) is 25.1. The minimum Gasteiger partial charge on any atom is -0.490 e. The van der Waals surface area contributed by atoms with Crippen molar-refractivity contribution in [3.8, 4) is 11.5 Å². The molecular formula is C29H33N3O4. The summed E-state index contributed by atoms with van der Waals surface area (Å²) < 4.78 is 11.5. The quantitative estimate of drug-likeness (QED) is 0.321. The van der Waals surface area contributed by atoms with E-state index < -0.39 is 0 Å². The van der Waals surface area contributed by atoms with Crippen molar-refractivity contribution in [2.24, 2.45) is 0 Å². The molecule has 0 heterocycles. The summed E-state index contributed by atoms with van der Waals surface area (Å²) in [6.45, 7) is 0.822. The van der Waals surface area contributed by atoms with E-state index >= 15 is 0 Å². The minimum absolute atomic E-state index is 0.0445. The number of para-hydroxylation sites is 3. The predicted molar refractivity (Wildman–Crippen MR) is 142 cm³/mol. The van der Waals surface area contributed by atoms with Gasteiger partial charge in [0, 0.05) is 17.3 Å². The van der Waals surface area contributed by atoms with Crippen LogP contribution in [-0.4, -0.2) is 37.6 Å². The van der Waals surface area contributed by atoms with Crippen LogP contribution in [0.4, 0.5) is 11.4 Å². The molecular weight excluding hydrogens is 454 g/mol. The number of nitrogens with one attached hydrogen (secondary N) is 3. The average Bonchev–Trinajstić information content (AvgIpc) is 2.92. The van der Waals surface area contributed by atoms with Gasteiger partial charge in [-0.2, -0.15) is 0 Å². The smallest absolute Gasteiger partial charge is 0.251 e. The summed E-state index contributed by atoms with van der Waals surface area (Å²) in [7, 11) is 0. The normalized spacial score (nSPS) is 13.4. The molecule has 1 aliphatic rings. The number of benzene rings is 3. The first-order valence-electron chi connectivity index (χ1n) is 12.5. The molecule has 0 bridgehead atoms. The number of anilines is 2. The van der Waals surface area contributed by atoms with Gasteiger partial charge >= 0.3 is 0 Å². The number of ether oxygens (including phenoxy) is 2. The molecule has 7 heteroatoms. The van der Waals surface area contributed by atoms with Crippen molar-refractivity contribution in [2.45, 2.75) is 38.1 Å². The van der Waals surface area contributed by atoms with Crippen molar-refractivity contribution >= 4 is 23.2 Å². The predicted octanol–water partition coefficient (Wildman–Crippen LogP) is 5.26. The fourth-order valence-electron chi connectivity index (χ4n) is 4.16. The molecule has 0 unspecified atom stereocenters. The second-order valence-corrected chi connectivity index (χ2v) is 8.79. The number of amides is 2. The summed E-state index contributed by atoms with van der Waals surface area (Å²) in [6.07, 6.45) is 5.71. The molecule has 4 rings (SSSR count). The SMILES string of the molecule is O=C(CNc1ccc(C(=O)NC2CCCCC2)cc1)Nc1ccccc1OCCOc1ccccc1. The van der Waals surface area contributed by atoms with E-state index in [-0.39, 0.29) is 24.4 Å². The summed E-state index contributed by atoms with van der Waals surface area (Å²) in [5.41, 5.74) is 1.98. The lowest BCUT2D eigenvalue weighted by Crippen LogP contribution is -2.36. The molecule has 0 radical (unpaired) electrons. The standard InChI is InChI=1S/C29H33N3O4/c33-28(21-30-23-17-15-22(16-18-23)29(34)31-24-9-3-1-4-10-24)32-26-13-7-8-14-27(26)36-20-19-35-25-11-5-2-6-12-25/h2,5-8,11-18,24,30H,1,3-4,9-10,19-21H2,(H,31,34)(H,32,33). The van der Waals surface area contributed by atoms with Crippen LogP contribution in [0, 0.1) is 0 Å². The third-order valence-corrected chi connectivity index (χ3v) is 6.05. The van der Waals surface area contributed by atoms with Gasteiger partial charge < -0.3 is 25.4 Å². The van der Waals surface area contributed by atoms with Gasteiger partial charge in [0.15, 0.2) is 0 Å². The highest BCUT2D eigenvalue weighted by Gasteiger charge is 2.16. The van der Waals surface area contributed by atoms with E-state index in [2.05, 4.69) is 16.0 Å². The molecule has 1 fully saturated rings.